The molecular weight excluding hydrogens is 146 g/mol. The Morgan fingerprint density at radius 1 is 1.80 bits per heavy atom. The van der Waals surface area contributed by atoms with E-state index in [4.69, 9.17) is 5.14 Å². The van der Waals surface area contributed by atoms with Crippen LogP contribution in [0.25, 0.3) is 0 Å². The predicted molar refractivity (Wildman–Crippen MR) is 45.8 cm³/mol. The highest BCUT2D eigenvalue weighted by Gasteiger charge is 2.01. The fourth-order valence-electron chi connectivity index (χ4n) is 0.586. The van der Waals surface area contributed by atoms with E-state index in [1.165, 1.54) is 5.57 Å². The molecule has 0 heterocycles. The van der Waals surface area contributed by atoms with Crippen LogP contribution in [-0.4, -0.2) is 9.46 Å². The van der Waals surface area contributed by atoms with E-state index in [1.54, 1.807) is 0 Å². The third kappa shape index (κ3) is 3.80. The topological polar surface area (TPSA) is 43.1 Å². The molecule has 2 unspecified atom stereocenters. The highest BCUT2D eigenvalue weighted by atomic mass is 32.2. The summed E-state index contributed by atoms with van der Waals surface area (Å²) in [6.07, 6.45) is 2.96. The van der Waals surface area contributed by atoms with Crippen molar-refractivity contribution >= 4 is 11.0 Å². The normalized spacial score (nSPS) is 18.6. The van der Waals surface area contributed by atoms with E-state index in [0.29, 0.717) is 0 Å². The van der Waals surface area contributed by atoms with Crippen LogP contribution >= 0.6 is 0 Å². The molecule has 0 aromatic rings. The van der Waals surface area contributed by atoms with Crippen LogP contribution in [0.3, 0.4) is 0 Å². The molecule has 0 radical (unpaired) electrons. The molecule has 0 aromatic carbocycles. The molecule has 2 N–H and O–H groups in total. The monoisotopic (exact) mass is 161 g/mol. The van der Waals surface area contributed by atoms with Gasteiger partial charge in [0.1, 0.15) is 0 Å². The number of hydrogen-bond acceptors (Lipinski definition) is 1. The van der Waals surface area contributed by atoms with Crippen LogP contribution in [0.2, 0.25) is 0 Å². The zero-order chi connectivity index (χ0) is 8.15. The Morgan fingerprint density at radius 2 is 2.30 bits per heavy atom. The summed E-state index contributed by atoms with van der Waals surface area (Å²) in [7, 11) is -1.21. The summed E-state index contributed by atoms with van der Waals surface area (Å²) in [5.41, 5.74) is 1.24. The summed E-state index contributed by atoms with van der Waals surface area (Å²) in [6, 6.07) is 0. The van der Waals surface area contributed by atoms with E-state index in [1.807, 2.05) is 19.9 Å². The first-order valence-electron chi connectivity index (χ1n) is 3.40. The molecule has 0 spiro atoms. The number of rotatable bonds is 3. The summed E-state index contributed by atoms with van der Waals surface area (Å²) < 4.78 is 10.6. The van der Waals surface area contributed by atoms with Crippen LogP contribution in [0.4, 0.5) is 0 Å². The van der Waals surface area contributed by atoms with E-state index in [-0.39, 0.29) is 5.25 Å². The van der Waals surface area contributed by atoms with E-state index in [9.17, 15) is 4.21 Å². The van der Waals surface area contributed by atoms with Gasteiger partial charge < -0.3 is 0 Å². The molecule has 0 amide bonds. The average molecular weight is 161 g/mol. The Balaban J connectivity index is 3.99. The van der Waals surface area contributed by atoms with Gasteiger partial charge in [0.25, 0.3) is 0 Å². The first-order chi connectivity index (χ1) is 4.57. The first-order valence-corrected chi connectivity index (χ1v) is 4.67. The largest absolute Gasteiger partial charge is 0.251 e. The number of allylic oxidation sites excluding steroid dienone is 1. The standard InChI is InChI=1S/C7H15NOS/c1-4-6(2)5-7(3)10(8)9/h5,7H,4,8H2,1-3H3. The highest BCUT2D eigenvalue weighted by molar-refractivity contribution is 7.83. The van der Waals surface area contributed by atoms with Gasteiger partial charge in [-0.15, -0.1) is 0 Å². The van der Waals surface area contributed by atoms with Gasteiger partial charge in [-0.3, -0.25) is 5.14 Å². The minimum absolute atomic E-state index is 0.0139. The van der Waals surface area contributed by atoms with Crippen molar-refractivity contribution in [1.29, 1.82) is 0 Å². The van der Waals surface area contributed by atoms with Gasteiger partial charge in [-0.05, 0) is 20.3 Å². The predicted octanol–water partition coefficient (Wildman–Crippen LogP) is 1.35. The highest BCUT2D eigenvalue weighted by Crippen LogP contribution is 2.02. The lowest BCUT2D eigenvalue weighted by Gasteiger charge is -2.01. The van der Waals surface area contributed by atoms with Crippen LogP contribution in [0.1, 0.15) is 27.2 Å². The van der Waals surface area contributed by atoms with Gasteiger partial charge in [-0.1, -0.05) is 18.6 Å². The van der Waals surface area contributed by atoms with Gasteiger partial charge in [0, 0.05) is 0 Å². The molecule has 0 aliphatic rings. The maximum Gasteiger partial charge on any atom is 0.0955 e. The van der Waals surface area contributed by atoms with Crippen molar-refractivity contribution in [3.05, 3.63) is 11.6 Å². The Morgan fingerprint density at radius 3 is 2.60 bits per heavy atom. The maximum atomic E-state index is 10.6. The average Bonchev–Trinajstić information content (AvgIpc) is 1.87. The molecule has 2 nitrogen and oxygen atoms in total. The lowest BCUT2D eigenvalue weighted by molar-refractivity contribution is 0.680. The van der Waals surface area contributed by atoms with E-state index in [2.05, 4.69) is 6.92 Å². The second-order valence-corrected chi connectivity index (χ2v) is 3.80. The summed E-state index contributed by atoms with van der Waals surface area (Å²) in [5.74, 6) is 0. The lowest BCUT2D eigenvalue weighted by atomic mass is 10.2. The van der Waals surface area contributed by atoms with E-state index in [0.717, 1.165) is 6.42 Å². The molecule has 60 valence electrons. The van der Waals surface area contributed by atoms with Crippen molar-refractivity contribution in [2.45, 2.75) is 32.4 Å². The fraction of sp³-hybridized carbons (Fsp3) is 0.714. The van der Waals surface area contributed by atoms with Crippen molar-refractivity contribution in [2.75, 3.05) is 0 Å². The van der Waals surface area contributed by atoms with Crippen LogP contribution in [0, 0.1) is 0 Å². The zero-order valence-electron chi connectivity index (χ0n) is 6.76. The zero-order valence-corrected chi connectivity index (χ0v) is 7.57. The summed E-state index contributed by atoms with van der Waals surface area (Å²) in [4.78, 5) is 0. The van der Waals surface area contributed by atoms with Gasteiger partial charge in [-0.2, -0.15) is 0 Å². The summed E-state index contributed by atoms with van der Waals surface area (Å²) in [5, 5.41) is 5.15. The smallest absolute Gasteiger partial charge is 0.0955 e. The van der Waals surface area contributed by atoms with Gasteiger partial charge in [-0.25, -0.2) is 4.21 Å². The maximum absolute atomic E-state index is 10.6. The Bertz CT molecular complexity index is 154. The van der Waals surface area contributed by atoms with Crippen LogP contribution in [-0.2, 0) is 11.0 Å². The summed E-state index contributed by atoms with van der Waals surface area (Å²) >= 11 is 0. The second-order valence-electron chi connectivity index (χ2n) is 2.40. The SMILES string of the molecule is CCC(C)=CC(C)S(N)=O. The molecule has 0 bridgehead atoms. The van der Waals surface area contributed by atoms with Gasteiger partial charge >= 0.3 is 0 Å². The molecule has 0 saturated carbocycles. The van der Waals surface area contributed by atoms with Crippen LogP contribution in [0.5, 0.6) is 0 Å². The molecule has 0 aliphatic heterocycles. The summed E-state index contributed by atoms with van der Waals surface area (Å²) in [6.45, 7) is 5.94. The van der Waals surface area contributed by atoms with Crippen molar-refractivity contribution in [1.82, 2.24) is 0 Å². The molecule has 0 aromatic heterocycles. The van der Waals surface area contributed by atoms with Gasteiger partial charge in [0.2, 0.25) is 0 Å². The number of hydrogen-bond donors (Lipinski definition) is 1. The molecule has 3 heteroatoms. The molecule has 10 heavy (non-hydrogen) atoms. The molecule has 0 fully saturated rings. The van der Waals surface area contributed by atoms with E-state index < -0.39 is 11.0 Å². The Kier molecular flexibility index (Phi) is 4.56. The molecule has 0 rings (SSSR count). The van der Waals surface area contributed by atoms with Crippen molar-refractivity contribution < 1.29 is 4.21 Å². The third-order valence-electron chi connectivity index (χ3n) is 1.44. The van der Waals surface area contributed by atoms with Crippen molar-refractivity contribution in [2.24, 2.45) is 5.14 Å². The first kappa shape index (κ1) is 9.85. The van der Waals surface area contributed by atoms with Gasteiger partial charge in [0.05, 0.1) is 16.2 Å². The molecule has 0 saturated heterocycles. The minimum atomic E-state index is -1.21. The quantitative estimate of drug-likeness (QED) is 0.624. The van der Waals surface area contributed by atoms with Crippen molar-refractivity contribution in [3.8, 4) is 0 Å². The molecule has 0 aliphatic carbocycles. The second kappa shape index (κ2) is 4.63. The van der Waals surface area contributed by atoms with Crippen LogP contribution < -0.4 is 5.14 Å². The Hall–Kier alpha value is -0.150. The van der Waals surface area contributed by atoms with Crippen molar-refractivity contribution in [3.63, 3.8) is 0 Å². The Labute approximate surface area is 65.1 Å². The third-order valence-corrected chi connectivity index (χ3v) is 2.31. The van der Waals surface area contributed by atoms with Crippen LogP contribution in [0.15, 0.2) is 11.6 Å². The number of nitrogens with two attached hydrogens (primary N) is 1. The van der Waals surface area contributed by atoms with Gasteiger partial charge in [0.15, 0.2) is 0 Å². The molecular formula is C7H15NOS. The minimum Gasteiger partial charge on any atom is -0.251 e. The lowest BCUT2D eigenvalue weighted by Crippen LogP contribution is -2.16. The van der Waals surface area contributed by atoms with E-state index >= 15 is 0 Å². The molecule has 2 atom stereocenters. The fourth-order valence-corrected chi connectivity index (χ4v) is 0.952.